The Balaban J connectivity index is 3.22. The lowest BCUT2D eigenvalue weighted by Gasteiger charge is -2.07. The predicted octanol–water partition coefficient (Wildman–Crippen LogP) is 3.18. The smallest absolute Gasteiger partial charge is 0.155 e. The van der Waals surface area contributed by atoms with E-state index in [9.17, 15) is 0 Å². The van der Waals surface area contributed by atoms with E-state index in [1.807, 2.05) is 0 Å². The molecule has 1 aromatic carbocycles. The van der Waals surface area contributed by atoms with Gasteiger partial charge < -0.3 is 8.92 Å². The molecule has 0 spiro atoms. The molecule has 0 aromatic heterocycles. The molecule has 0 atom stereocenters. The fraction of sp³-hybridized carbons (Fsp3) is 0.143. The van der Waals surface area contributed by atoms with Gasteiger partial charge in [0.1, 0.15) is 5.75 Å². The lowest BCUT2D eigenvalue weighted by molar-refractivity contribution is 0.410. The van der Waals surface area contributed by atoms with E-state index in [1.54, 1.807) is 19.2 Å². The van der Waals surface area contributed by atoms with Crippen molar-refractivity contribution in [3.05, 3.63) is 20.7 Å². The molecule has 0 bridgehead atoms. The van der Waals surface area contributed by atoms with Crippen molar-refractivity contribution in [3.63, 3.8) is 0 Å². The van der Waals surface area contributed by atoms with Crippen LogP contribution in [0.2, 0.25) is 5.02 Å². The largest absolute Gasteiger partial charge is 0.495 e. The minimum atomic E-state index is 0.566. The number of benzene rings is 1. The van der Waals surface area contributed by atoms with Crippen molar-refractivity contribution < 1.29 is 8.92 Å². The maximum atomic E-state index is 5.78. The van der Waals surface area contributed by atoms with Gasteiger partial charge in [-0.25, -0.2) is 0 Å². The average Bonchev–Trinajstić information content (AvgIpc) is 2.08. The highest BCUT2D eigenvalue weighted by molar-refractivity contribution is 14.1. The predicted molar refractivity (Wildman–Crippen MR) is 60.3 cm³/mol. The van der Waals surface area contributed by atoms with Gasteiger partial charge >= 0.3 is 0 Å². The SMILES string of the molecule is COc1cc(Cl)cc(OS)c1I. The third-order valence-electron chi connectivity index (χ3n) is 1.29. The molecule has 12 heavy (non-hydrogen) atoms. The summed E-state index contributed by atoms with van der Waals surface area (Å²) in [4.78, 5) is 0. The molecule has 0 saturated heterocycles. The van der Waals surface area contributed by atoms with Crippen molar-refractivity contribution >= 4 is 47.1 Å². The van der Waals surface area contributed by atoms with Crippen molar-refractivity contribution in [2.45, 2.75) is 0 Å². The molecular formula is C7H6ClIO2S. The van der Waals surface area contributed by atoms with Crippen LogP contribution in [0.25, 0.3) is 0 Å². The number of hydrogen-bond donors (Lipinski definition) is 1. The number of methoxy groups -OCH3 is 1. The van der Waals surface area contributed by atoms with Gasteiger partial charge in [0.25, 0.3) is 0 Å². The van der Waals surface area contributed by atoms with Gasteiger partial charge in [0.05, 0.1) is 10.7 Å². The first-order valence-electron chi connectivity index (χ1n) is 3.03. The van der Waals surface area contributed by atoms with Crippen LogP contribution in [0.3, 0.4) is 0 Å². The van der Waals surface area contributed by atoms with Crippen LogP contribution in [0.15, 0.2) is 12.1 Å². The topological polar surface area (TPSA) is 18.5 Å². The van der Waals surface area contributed by atoms with E-state index in [0.717, 1.165) is 3.57 Å². The zero-order valence-electron chi connectivity index (χ0n) is 6.17. The molecule has 0 fully saturated rings. The van der Waals surface area contributed by atoms with Crippen molar-refractivity contribution in [2.75, 3.05) is 7.11 Å². The summed E-state index contributed by atoms with van der Waals surface area (Å²) in [6, 6.07) is 3.40. The highest BCUT2D eigenvalue weighted by Crippen LogP contribution is 2.34. The molecule has 0 aliphatic rings. The lowest BCUT2D eigenvalue weighted by Crippen LogP contribution is -1.89. The Labute approximate surface area is 95.0 Å². The molecule has 0 radical (unpaired) electrons. The number of hydrogen-bond acceptors (Lipinski definition) is 3. The third-order valence-corrected chi connectivity index (χ3v) is 2.77. The van der Waals surface area contributed by atoms with Crippen LogP contribution in [-0.4, -0.2) is 7.11 Å². The van der Waals surface area contributed by atoms with E-state index in [4.69, 9.17) is 20.5 Å². The van der Waals surface area contributed by atoms with E-state index in [0.29, 0.717) is 16.5 Å². The van der Waals surface area contributed by atoms with Crippen LogP contribution < -0.4 is 8.92 Å². The van der Waals surface area contributed by atoms with Crippen LogP contribution in [0, 0.1) is 3.57 Å². The van der Waals surface area contributed by atoms with Gasteiger partial charge in [-0.15, -0.1) is 0 Å². The Morgan fingerprint density at radius 3 is 2.50 bits per heavy atom. The maximum Gasteiger partial charge on any atom is 0.155 e. The first-order chi connectivity index (χ1) is 5.69. The van der Waals surface area contributed by atoms with E-state index < -0.39 is 0 Å². The quantitative estimate of drug-likeness (QED) is 0.513. The van der Waals surface area contributed by atoms with Crippen molar-refractivity contribution in [1.29, 1.82) is 0 Å². The molecule has 0 aliphatic heterocycles. The molecule has 0 N–H and O–H groups in total. The first-order valence-corrected chi connectivity index (χ1v) is 4.85. The van der Waals surface area contributed by atoms with Crippen molar-refractivity contribution in [1.82, 2.24) is 0 Å². The van der Waals surface area contributed by atoms with Crippen LogP contribution in [0.1, 0.15) is 0 Å². The van der Waals surface area contributed by atoms with Gasteiger partial charge in [0, 0.05) is 30.1 Å². The van der Waals surface area contributed by atoms with E-state index in [1.165, 1.54) is 0 Å². The molecular weight excluding hydrogens is 310 g/mol. The second kappa shape index (κ2) is 4.43. The number of ether oxygens (including phenoxy) is 1. The Hall–Kier alpha value is 0.190. The fourth-order valence-corrected chi connectivity index (χ4v) is 1.91. The van der Waals surface area contributed by atoms with Gasteiger partial charge in [-0.3, -0.25) is 0 Å². The van der Waals surface area contributed by atoms with Crippen molar-refractivity contribution in [2.24, 2.45) is 0 Å². The molecule has 0 amide bonds. The van der Waals surface area contributed by atoms with Gasteiger partial charge in [-0.2, -0.15) is 0 Å². The summed E-state index contributed by atoms with van der Waals surface area (Å²) in [5.41, 5.74) is 0. The highest BCUT2D eigenvalue weighted by Gasteiger charge is 2.08. The molecule has 0 unspecified atom stereocenters. The van der Waals surface area contributed by atoms with Crippen molar-refractivity contribution in [3.8, 4) is 11.5 Å². The molecule has 2 nitrogen and oxygen atoms in total. The van der Waals surface area contributed by atoms with Gasteiger partial charge in [0.2, 0.25) is 0 Å². The number of halogens is 2. The minimum absolute atomic E-state index is 0.566. The Morgan fingerprint density at radius 2 is 2.00 bits per heavy atom. The molecule has 0 aliphatic carbocycles. The summed E-state index contributed by atoms with van der Waals surface area (Å²) in [5, 5.41) is 0.566. The molecule has 0 heterocycles. The summed E-state index contributed by atoms with van der Waals surface area (Å²) in [5.74, 6) is 1.29. The Kier molecular flexibility index (Phi) is 3.79. The van der Waals surface area contributed by atoms with Gasteiger partial charge in [0.15, 0.2) is 5.75 Å². The van der Waals surface area contributed by atoms with Gasteiger partial charge in [-0.05, 0) is 22.6 Å². The molecule has 5 heteroatoms. The third kappa shape index (κ3) is 2.11. The summed E-state index contributed by atoms with van der Waals surface area (Å²) in [6.07, 6.45) is 0. The fourth-order valence-electron chi connectivity index (χ4n) is 0.755. The molecule has 0 saturated carbocycles. The van der Waals surface area contributed by atoms with E-state index in [2.05, 4.69) is 35.5 Å². The number of thiol groups is 1. The highest BCUT2D eigenvalue weighted by atomic mass is 127. The Bertz CT molecular complexity index is 268. The number of rotatable bonds is 2. The zero-order chi connectivity index (χ0) is 9.14. The van der Waals surface area contributed by atoms with Crippen LogP contribution in [0.4, 0.5) is 0 Å². The maximum absolute atomic E-state index is 5.78. The second-order valence-corrected chi connectivity index (χ2v) is 3.71. The second-order valence-electron chi connectivity index (χ2n) is 2.01. The summed E-state index contributed by atoms with van der Waals surface area (Å²) >= 11 is 11.6. The van der Waals surface area contributed by atoms with E-state index in [-0.39, 0.29) is 0 Å². The minimum Gasteiger partial charge on any atom is -0.495 e. The van der Waals surface area contributed by atoms with Crippen LogP contribution in [-0.2, 0) is 0 Å². The molecule has 1 rings (SSSR count). The first kappa shape index (κ1) is 10.3. The van der Waals surface area contributed by atoms with Crippen LogP contribution >= 0.6 is 47.1 Å². The zero-order valence-corrected chi connectivity index (χ0v) is 9.98. The average molecular weight is 317 g/mol. The summed E-state index contributed by atoms with van der Waals surface area (Å²) in [7, 11) is 1.58. The summed E-state index contributed by atoms with van der Waals surface area (Å²) in [6.45, 7) is 0. The lowest BCUT2D eigenvalue weighted by atomic mass is 10.3. The van der Waals surface area contributed by atoms with E-state index >= 15 is 0 Å². The van der Waals surface area contributed by atoms with Crippen LogP contribution in [0.5, 0.6) is 11.5 Å². The standard InChI is InChI=1S/C7H6ClIO2S/c1-10-5-2-4(8)3-6(11-12)7(5)9/h2-3,12H,1H3. The van der Waals surface area contributed by atoms with Gasteiger partial charge in [-0.1, -0.05) is 11.6 Å². The monoisotopic (exact) mass is 316 g/mol. The normalized spacial score (nSPS) is 9.67. The summed E-state index contributed by atoms with van der Waals surface area (Å²) < 4.78 is 10.7. The molecule has 1 aromatic rings. The molecule has 66 valence electrons. The Morgan fingerprint density at radius 1 is 1.42 bits per heavy atom.